The van der Waals surface area contributed by atoms with Crippen molar-refractivity contribution in [3.05, 3.63) is 23.9 Å². The molecule has 0 spiro atoms. The van der Waals surface area contributed by atoms with Crippen LogP contribution in [0.15, 0.2) is 18.3 Å². The Balaban J connectivity index is 2.14. The molecule has 1 fully saturated rings. The minimum absolute atomic E-state index is 0.526. The van der Waals surface area contributed by atoms with Gasteiger partial charge < -0.3 is 9.64 Å². The summed E-state index contributed by atoms with van der Waals surface area (Å²) in [5, 5.41) is 0. The van der Waals surface area contributed by atoms with Gasteiger partial charge in [-0.3, -0.25) is 0 Å². The van der Waals surface area contributed by atoms with Crippen LogP contribution in [0.5, 0.6) is 0 Å². The minimum atomic E-state index is 0.526. The summed E-state index contributed by atoms with van der Waals surface area (Å²) in [6.45, 7) is 3.89. The van der Waals surface area contributed by atoms with Gasteiger partial charge in [0.25, 0.3) is 0 Å². The van der Waals surface area contributed by atoms with Crippen LogP contribution in [0, 0.1) is 5.92 Å². The predicted molar refractivity (Wildman–Crippen MR) is 75.2 cm³/mol. The van der Waals surface area contributed by atoms with Gasteiger partial charge in [-0.15, -0.1) is 11.6 Å². The highest BCUT2D eigenvalue weighted by atomic mass is 35.5. The van der Waals surface area contributed by atoms with Gasteiger partial charge in [-0.25, -0.2) is 4.98 Å². The second-order valence-electron chi connectivity index (χ2n) is 4.92. The Labute approximate surface area is 114 Å². The second-order valence-corrected chi connectivity index (χ2v) is 5.19. The van der Waals surface area contributed by atoms with Crippen LogP contribution in [0.2, 0.25) is 0 Å². The van der Waals surface area contributed by atoms with Gasteiger partial charge in [0.05, 0.1) is 6.61 Å². The van der Waals surface area contributed by atoms with Gasteiger partial charge in [-0.2, -0.15) is 0 Å². The fourth-order valence-corrected chi connectivity index (χ4v) is 2.42. The van der Waals surface area contributed by atoms with Crippen molar-refractivity contribution in [3.63, 3.8) is 0 Å². The smallest absolute Gasteiger partial charge is 0.129 e. The average molecular weight is 269 g/mol. The van der Waals surface area contributed by atoms with Crippen molar-refractivity contribution in [3.8, 4) is 0 Å². The van der Waals surface area contributed by atoms with E-state index in [2.05, 4.69) is 22.9 Å². The number of rotatable bonds is 7. The maximum atomic E-state index is 5.89. The quantitative estimate of drug-likeness (QED) is 0.711. The van der Waals surface area contributed by atoms with Gasteiger partial charge in [0.15, 0.2) is 0 Å². The Bertz CT molecular complexity index is 382. The highest BCUT2D eigenvalue weighted by Crippen LogP contribution is 2.36. The van der Waals surface area contributed by atoms with Crippen LogP contribution in [0.1, 0.15) is 25.3 Å². The zero-order valence-corrected chi connectivity index (χ0v) is 11.9. The van der Waals surface area contributed by atoms with E-state index in [-0.39, 0.29) is 0 Å². The predicted octanol–water partition coefficient (Wildman–Crippen LogP) is 3.07. The molecular formula is C14H21ClN2O. The lowest BCUT2D eigenvalue weighted by Gasteiger charge is -2.30. The molecule has 3 nitrogen and oxygen atoms in total. The molecule has 0 amide bonds. The van der Waals surface area contributed by atoms with E-state index in [4.69, 9.17) is 16.3 Å². The van der Waals surface area contributed by atoms with E-state index in [0.717, 1.165) is 30.5 Å². The monoisotopic (exact) mass is 268 g/mol. The van der Waals surface area contributed by atoms with Crippen LogP contribution in [-0.2, 0) is 10.6 Å². The van der Waals surface area contributed by atoms with Crippen LogP contribution >= 0.6 is 11.6 Å². The Morgan fingerprint density at radius 3 is 2.94 bits per heavy atom. The van der Waals surface area contributed by atoms with Crippen molar-refractivity contribution < 1.29 is 4.74 Å². The summed E-state index contributed by atoms with van der Waals surface area (Å²) in [6.07, 6.45) is 4.51. The molecule has 0 bridgehead atoms. The molecule has 0 aromatic carbocycles. The number of nitrogens with zero attached hydrogens (tertiary/aromatic N) is 2. The molecular weight excluding hydrogens is 248 g/mol. The fourth-order valence-electron chi connectivity index (χ4n) is 2.25. The summed E-state index contributed by atoms with van der Waals surface area (Å²) >= 11 is 5.89. The van der Waals surface area contributed by atoms with E-state index >= 15 is 0 Å². The minimum Gasteiger partial charge on any atom is -0.383 e. The first-order chi connectivity index (χ1) is 8.76. The molecule has 1 saturated carbocycles. The molecule has 2 rings (SSSR count). The largest absolute Gasteiger partial charge is 0.383 e. The maximum Gasteiger partial charge on any atom is 0.129 e. The first kappa shape index (κ1) is 13.6. The van der Waals surface area contributed by atoms with Crippen molar-refractivity contribution in [2.45, 2.75) is 31.7 Å². The van der Waals surface area contributed by atoms with E-state index in [1.54, 1.807) is 7.11 Å². The molecule has 4 heteroatoms. The Morgan fingerprint density at radius 1 is 1.56 bits per heavy atom. The Hall–Kier alpha value is -0.800. The van der Waals surface area contributed by atoms with Gasteiger partial charge in [0.1, 0.15) is 5.82 Å². The lowest BCUT2D eigenvalue weighted by atomic mass is 10.1. The Morgan fingerprint density at radius 2 is 2.33 bits per heavy atom. The third kappa shape index (κ3) is 3.36. The molecule has 0 saturated heterocycles. The average Bonchev–Trinajstić information content (AvgIpc) is 3.23. The van der Waals surface area contributed by atoms with Crippen molar-refractivity contribution in [2.24, 2.45) is 5.92 Å². The number of pyridine rings is 1. The van der Waals surface area contributed by atoms with Crippen molar-refractivity contribution in [1.82, 2.24) is 4.98 Å². The number of aromatic nitrogens is 1. The van der Waals surface area contributed by atoms with Crippen LogP contribution in [-0.4, -0.2) is 31.3 Å². The molecule has 1 unspecified atom stereocenters. The number of alkyl halides is 1. The third-order valence-electron chi connectivity index (χ3n) is 3.59. The van der Waals surface area contributed by atoms with Crippen LogP contribution in [0.25, 0.3) is 0 Å². The van der Waals surface area contributed by atoms with E-state index in [1.165, 1.54) is 12.8 Å². The topological polar surface area (TPSA) is 25.4 Å². The molecule has 0 aliphatic heterocycles. The number of ether oxygens (including phenoxy) is 1. The molecule has 100 valence electrons. The molecule has 1 atom stereocenters. The van der Waals surface area contributed by atoms with Gasteiger partial charge in [0.2, 0.25) is 0 Å². The highest BCUT2D eigenvalue weighted by Gasteiger charge is 2.32. The van der Waals surface area contributed by atoms with Crippen LogP contribution in [0.4, 0.5) is 5.82 Å². The zero-order valence-electron chi connectivity index (χ0n) is 11.1. The van der Waals surface area contributed by atoms with E-state index in [0.29, 0.717) is 11.9 Å². The SMILES string of the molecule is COCCN(c1cc(CCl)ccn1)C(C)C1CC1. The molecule has 18 heavy (non-hydrogen) atoms. The molecule has 1 aliphatic rings. The second kappa shape index (κ2) is 6.39. The van der Waals surface area contributed by atoms with Gasteiger partial charge in [0, 0.05) is 31.8 Å². The zero-order chi connectivity index (χ0) is 13.0. The lowest BCUT2D eigenvalue weighted by molar-refractivity contribution is 0.202. The third-order valence-corrected chi connectivity index (χ3v) is 3.90. The lowest BCUT2D eigenvalue weighted by Crippen LogP contribution is -2.37. The van der Waals surface area contributed by atoms with E-state index in [9.17, 15) is 0 Å². The molecule has 1 aromatic rings. The Kier molecular flexibility index (Phi) is 4.84. The van der Waals surface area contributed by atoms with Crippen molar-refractivity contribution >= 4 is 17.4 Å². The van der Waals surface area contributed by atoms with Crippen molar-refractivity contribution in [2.75, 3.05) is 25.2 Å². The fraction of sp³-hybridized carbons (Fsp3) is 0.643. The van der Waals surface area contributed by atoms with E-state index < -0.39 is 0 Å². The number of anilines is 1. The normalized spacial score (nSPS) is 16.6. The summed E-state index contributed by atoms with van der Waals surface area (Å²) < 4.78 is 5.21. The van der Waals surface area contributed by atoms with Gasteiger partial charge in [-0.05, 0) is 43.4 Å². The maximum absolute atomic E-state index is 5.89. The van der Waals surface area contributed by atoms with Crippen LogP contribution < -0.4 is 4.90 Å². The molecule has 0 N–H and O–H groups in total. The number of hydrogen-bond acceptors (Lipinski definition) is 3. The number of halogens is 1. The van der Waals surface area contributed by atoms with Crippen molar-refractivity contribution in [1.29, 1.82) is 0 Å². The molecule has 1 aliphatic carbocycles. The van der Waals surface area contributed by atoms with E-state index in [1.807, 2.05) is 12.3 Å². The highest BCUT2D eigenvalue weighted by molar-refractivity contribution is 6.17. The summed E-state index contributed by atoms with van der Waals surface area (Å²) in [6, 6.07) is 4.58. The number of hydrogen-bond donors (Lipinski definition) is 0. The molecule has 1 heterocycles. The van der Waals surface area contributed by atoms with Gasteiger partial charge in [-0.1, -0.05) is 0 Å². The summed E-state index contributed by atoms with van der Waals surface area (Å²) in [5.41, 5.74) is 1.12. The van der Waals surface area contributed by atoms with Crippen LogP contribution in [0.3, 0.4) is 0 Å². The molecule has 0 radical (unpaired) electrons. The standard InChI is InChI=1S/C14H21ClN2O/c1-11(13-3-4-13)17(7-8-18-2)14-9-12(10-15)5-6-16-14/h5-6,9,11,13H,3-4,7-8,10H2,1-2H3. The first-order valence-electron chi connectivity index (χ1n) is 6.52. The van der Waals surface area contributed by atoms with Gasteiger partial charge >= 0.3 is 0 Å². The summed E-state index contributed by atoms with van der Waals surface area (Å²) in [5.74, 6) is 2.36. The molecule has 1 aromatic heterocycles. The summed E-state index contributed by atoms with van der Waals surface area (Å²) in [4.78, 5) is 6.83. The summed E-state index contributed by atoms with van der Waals surface area (Å²) in [7, 11) is 1.74. The first-order valence-corrected chi connectivity index (χ1v) is 7.06. The number of methoxy groups -OCH3 is 1.